The molecule has 5 heteroatoms. The second kappa shape index (κ2) is 8.11. The molecule has 1 fully saturated rings. The standard InChI is InChI=1S/C25H25N5/c1-26-21-12-10-19(11-13-21)23-22(18-8-4-2-5-9-18)16-20-17-27-25(29-24(20)28-23)30-14-6-3-7-15-30/h2,4-5,8-13,16-17,26H,3,6-7,14-15H2,1H3. The molecule has 0 saturated carbocycles. The van der Waals surface area contributed by atoms with Gasteiger partial charge in [0.25, 0.3) is 0 Å². The van der Waals surface area contributed by atoms with Crippen LogP contribution < -0.4 is 10.2 Å². The van der Waals surface area contributed by atoms with E-state index in [1.165, 1.54) is 19.3 Å². The van der Waals surface area contributed by atoms with Crippen LogP contribution in [0.4, 0.5) is 11.6 Å². The van der Waals surface area contributed by atoms with Gasteiger partial charge in [-0.25, -0.2) is 9.97 Å². The summed E-state index contributed by atoms with van der Waals surface area (Å²) in [4.78, 5) is 16.8. The first kappa shape index (κ1) is 18.6. The summed E-state index contributed by atoms with van der Waals surface area (Å²) in [5.74, 6) is 0.790. The number of hydrogen-bond acceptors (Lipinski definition) is 5. The molecule has 5 nitrogen and oxygen atoms in total. The average Bonchev–Trinajstić information content (AvgIpc) is 2.84. The summed E-state index contributed by atoms with van der Waals surface area (Å²) in [7, 11) is 1.93. The minimum absolute atomic E-state index is 0.748. The second-order valence-corrected chi connectivity index (χ2v) is 7.71. The van der Waals surface area contributed by atoms with E-state index in [0.29, 0.717) is 0 Å². The maximum absolute atomic E-state index is 5.03. The van der Waals surface area contributed by atoms with Crippen molar-refractivity contribution in [2.45, 2.75) is 19.3 Å². The molecule has 0 atom stereocenters. The first-order valence-electron chi connectivity index (χ1n) is 10.6. The van der Waals surface area contributed by atoms with E-state index in [0.717, 1.165) is 58.1 Å². The molecular weight excluding hydrogens is 370 g/mol. The van der Waals surface area contributed by atoms with Crippen LogP contribution in [-0.2, 0) is 0 Å². The Morgan fingerprint density at radius 1 is 0.833 bits per heavy atom. The molecule has 3 heterocycles. The number of pyridine rings is 1. The first-order valence-corrected chi connectivity index (χ1v) is 10.6. The molecular formula is C25H25N5. The van der Waals surface area contributed by atoms with Crippen LogP contribution >= 0.6 is 0 Å². The maximum Gasteiger partial charge on any atom is 0.227 e. The fourth-order valence-electron chi connectivity index (χ4n) is 4.05. The summed E-state index contributed by atoms with van der Waals surface area (Å²) in [6.45, 7) is 2.04. The van der Waals surface area contributed by atoms with Crippen molar-refractivity contribution in [2.24, 2.45) is 0 Å². The third-order valence-electron chi connectivity index (χ3n) is 5.73. The van der Waals surface area contributed by atoms with Crippen LogP contribution in [0.1, 0.15) is 19.3 Å². The van der Waals surface area contributed by atoms with Gasteiger partial charge in [-0.1, -0.05) is 42.5 Å². The van der Waals surface area contributed by atoms with E-state index in [2.05, 4.69) is 69.8 Å². The zero-order chi connectivity index (χ0) is 20.3. The van der Waals surface area contributed by atoms with Crippen molar-refractivity contribution >= 4 is 22.7 Å². The number of anilines is 2. The first-order chi connectivity index (χ1) is 14.8. The fourth-order valence-corrected chi connectivity index (χ4v) is 4.05. The summed E-state index contributed by atoms with van der Waals surface area (Å²) in [6, 6.07) is 20.9. The van der Waals surface area contributed by atoms with Gasteiger partial charge in [0.15, 0.2) is 5.65 Å². The van der Waals surface area contributed by atoms with Crippen LogP contribution in [0.25, 0.3) is 33.4 Å². The lowest BCUT2D eigenvalue weighted by Gasteiger charge is -2.26. The normalized spacial score (nSPS) is 14.1. The Morgan fingerprint density at radius 2 is 1.60 bits per heavy atom. The zero-order valence-corrected chi connectivity index (χ0v) is 17.2. The number of nitrogens with zero attached hydrogens (tertiary/aromatic N) is 4. The van der Waals surface area contributed by atoms with Crippen molar-refractivity contribution in [1.29, 1.82) is 0 Å². The Balaban J connectivity index is 1.66. The van der Waals surface area contributed by atoms with Gasteiger partial charge < -0.3 is 10.2 Å². The molecule has 4 aromatic rings. The lowest BCUT2D eigenvalue weighted by molar-refractivity contribution is 0.569. The highest BCUT2D eigenvalue weighted by atomic mass is 15.3. The SMILES string of the molecule is CNc1ccc(-c2nc3nc(N4CCCCC4)ncc3cc2-c2ccccc2)cc1. The third kappa shape index (κ3) is 3.59. The monoisotopic (exact) mass is 395 g/mol. The van der Waals surface area contributed by atoms with Gasteiger partial charge in [0.05, 0.1) is 5.69 Å². The van der Waals surface area contributed by atoms with E-state index < -0.39 is 0 Å². The molecule has 0 radical (unpaired) electrons. The van der Waals surface area contributed by atoms with Crippen LogP contribution in [0.3, 0.4) is 0 Å². The molecule has 30 heavy (non-hydrogen) atoms. The lowest BCUT2D eigenvalue weighted by Crippen LogP contribution is -2.30. The number of fused-ring (bicyclic) bond motifs is 1. The minimum Gasteiger partial charge on any atom is -0.388 e. The fraction of sp³-hybridized carbons (Fsp3) is 0.240. The molecule has 5 rings (SSSR count). The minimum atomic E-state index is 0.748. The summed E-state index contributed by atoms with van der Waals surface area (Å²) < 4.78 is 0. The van der Waals surface area contributed by atoms with Crippen LogP contribution in [0.2, 0.25) is 0 Å². The second-order valence-electron chi connectivity index (χ2n) is 7.71. The van der Waals surface area contributed by atoms with E-state index in [-0.39, 0.29) is 0 Å². The molecule has 1 N–H and O–H groups in total. The molecule has 0 spiro atoms. The number of hydrogen-bond donors (Lipinski definition) is 1. The van der Waals surface area contributed by atoms with E-state index >= 15 is 0 Å². The van der Waals surface area contributed by atoms with Gasteiger partial charge in [-0.05, 0) is 43.0 Å². The van der Waals surface area contributed by atoms with Gasteiger partial charge in [0, 0.05) is 48.5 Å². The molecule has 1 saturated heterocycles. The van der Waals surface area contributed by atoms with E-state index in [4.69, 9.17) is 9.97 Å². The van der Waals surface area contributed by atoms with E-state index in [9.17, 15) is 0 Å². The molecule has 150 valence electrons. The van der Waals surface area contributed by atoms with Crippen LogP contribution in [0, 0.1) is 0 Å². The van der Waals surface area contributed by atoms with Gasteiger partial charge in [-0.15, -0.1) is 0 Å². The molecule has 2 aromatic carbocycles. The van der Waals surface area contributed by atoms with Crippen molar-refractivity contribution < 1.29 is 0 Å². The van der Waals surface area contributed by atoms with Gasteiger partial charge in [-0.3, -0.25) is 0 Å². The number of rotatable bonds is 4. The quantitative estimate of drug-likeness (QED) is 0.502. The van der Waals surface area contributed by atoms with Crippen molar-refractivity contribution in [3.63, 3.8) is 0 Å². The summed E-state index contributed by atoms with van der Waals surface area (Å²) in [5, 5.41) is 4.14. The summed E-state index contributed by atoms with van der Waals surface area (Å²) in [5.41, 5.74) is 6.08. The van der Waals surface area contributed by atoms with Crippen LogP contribution in [0.5, 0.6) is 0 Å². The molecule has 1 aliphatic heterocycles. The number of nitrogens with one attached hydrogen (secondary N) is 1. The highest BCUT2D eigenvalue weighted by Crippen LogP contribution is 2.33. The van der Waals surface area contributed by atoms with Gasteiger partial charge >= 0.3 is 0 Å². The van der Waals surface area contributed by atoms with Crippen molar-refractivity contribution in [3.8, 4) is 22.4 Å². The van der Waals surface area contributed by atoms with Gasteiger partial charge in [-0.2, -0.15) is 4.98 Å². The van der Waals surface area contributed by atoms with Crippen molar-refractivity contribution in [1.82, 2.24) is 15.0 Å². The molecule has 2 aromatic heterocycles. The average molecular weight is 396 g/mol. The Bertz CT molecular complexity index is 1150. The van der Waals surface area contributed by atoms with Crippen LogP contribution in [0.15, 0.2) is 66.9 Å². The topological polar surface area (TPSA) is 53.9 Å². The van der Waals surface area contributed by atoms with Gasteiger partial charge in [0.1, 0.15) is 0 Å². The maximum atomic E-state index is 5.03. The summed E-state index contributed by atoms with van der Waals surface area (Å²) in [6.07, 6.45) is 5.60. The zero-order valence-electron chi connectivity index (χ0n) is 17.2. The Labute approximate surface area is 176 Å². The highest BCUT2D eigenvalue weighted by molar-refractivity contribution is 5.90. The number of aromatic nitrogens is 3. The molecule has 0 amide bonds. The largest absolute Gasteiger partial charge is 0.388 e. The Morgan fingerprint density at radius 3 is 2.33 bits per heavy atom. The van der Waals surface area contributed by atoms with E-state index in [1.54, 1.807) is 0 Å². The van der Waals surface area contributed by atoms with Gasteiger partial charge in [0.2, 0.25) is 5.95 Å². The Kier molecular flexibility index (Phi) is 5.01. The van der Waals surface area contributed by atoms with E-state index in [1.807, 2.05) is 19.3 Å². The lowest BCUT2D eigenvalue weighted by atomic mass is 9.98. The summed E-state index contributed by atoms with van der Waals surface area (Å²) >= 11 is 0. The predicted octanol–water partition coefficient (Wildman–Crippen LogP) is 5.39. The third-order valence-corrected chi connectivity index (χ3v) is 5.73. The smallest absolute Gasteiger partial charge is 0.227 e. The van der Waals surface area contributed by atoms with Crippen molar-refractivity contribution in [3.05, 3.63) is 66.9 Å². The van der Waals surface area contributed by atoms with Crippen LogP contribution in [-0.4, -0.2) is 35.1 Å². The molecule has 0 aliphatic carbocycles. The molecule has 0 bridgehead atoms. The molecule has 0 unspecified atom stereocenters. The molecule has 1 aliphatic rings. The van der Waals surface area contributed by atoms with Crippen molar-refractivity contribution in [2.75, 3.05) is 30.4 Å². The number of piperidine rings is 1. The number of benzene rings is 2. The Hall–Kier alpha value is -3.47. The predicted molar refractivity (Wildman–Crippen MR) is 124 cm³/mol. The highest BCUT2D eigenvalue weighted by Gasteiger charge is 2.16.